The van der Waals surface area contributed by atoms with Gasteiger partial charge < -0.3 is 9.84 Å². The number of nitro benzene ring substituents is 1. The maximum Gasteiger partial charge on any atom is 0.328 e. The zero-order chi connectivity index (χ0) is 12.8. The number of benzene rings is 1. The molecule has 0 heterocycles. The molecule has 0 unspecified atom stereocenters. The van der Waals surface area contributed by atoms with Crippen LogP contribution in [0, 0.1) is 10.1 Å². The third-order valence-electron chi connectivity index (χ3n) is 1.88. The van der Waals surface area contributed by atoms with Gasteiger partial charge in [0.05, 0.1) is 4.92 Å². The van der Waals surface area contributed by atoms with Gasteiger partial charge in [-0.1, -0.05) is 0 Å². The van der Waals surface area contributed by atoms with Gasteiger partial charge in [-0.2, -0.15) is 0 Å². The van der Waals surface area contributed by atoms with Crippen molar-refractivity contribution >= 4 is 11.7 Å². The highest BCUT2D eigenvalue weighted by Gasteiger charge is 2.04. The Bertz CT molecular complexity index is 449. The molecule has 0 saturated heterocycles. The molecule has 0 amide bonds. The van der Waals surface area contributed by atoms with Crippen molar-refractivity contribution in [3.05, 3.63) is 46.0 Å². The Labute approximate surface area is 97.3 Å². The Balaban J connectivity index is 2.58. The van der Waals surface area contributed by atoms with E-state index >= 15 is 0 Å². The van der Waals surface area contributed by atoms with E-state index in [0.717, 1.165) is 6.08 Å². The van der Waals surface area contributed by atoms with Gasteiger partial charge in [0.15, 0.2) is 0 Å². The van der Waals surface area contributed by atoms with Crippen molar-refractivity contribution in [2.75, 3.05) is 6.61 Å². The molecule has 0 radical (unpaired) electrons. The van der Waals surface area contributed by atoms with Gasteiger partial charge in [0.1, 0.15) is 12.4 Å². The van der Waals surface area contributed by atoms with Crippen molar-refractivity contribution in [2.24, 2.45) is 0 Å². The first-order valence-corrected chi connectivity index (χ1v) is 4.76. The summed E-state index contributed by atoms with van der Waals surface area (Å²) in [6, 6.07) is 5.58. The molecular weight excluding hydrogens is 226 g/mol. The molecule has 0 saturated carbocycles. The molecule has 6 nitrogen and oxygen atoms in total. The van der Waals surface area contributed by atoms with E-state index in [1.165, 1.54) is 24.3 Å². The zero-order valence-corrected chi connectivity index (χ0v) is 9.12. The van der Waals surface area contributed by atoms with Crippen molar-refractivity contribution in [1.82, 2.24) is 0 Å². The highest BCUT2D eigenvalue weighted by Crippen LogP contribution is 2.17. The molecule has 17 heavy (non-hydrogen) atoms. The number of carboxylic acid groups (broad SMARTS) is 1. The normalized spacial score (nSPS) is 11.0. The van der Waals surface area contributed by atoms with E-state index in [1.807, 2.05) is 0 Å². The predicted molar refractivity (Wildman–Crippen MR) is 60.0 cm³/mol. The van der Waals surface area contributed by atoms with Crippen LogP contribution in [0.25, 0.3) is 0 Å². The van der Waals surface area contributed by atoms with Crippen LogP contribution in [0.4, 0.5) is 5.69 Å². The average molecular weight is 237 g/mol. The van der Waals surface area contributed by atoms with E-state index in [2.05, 4.69) is 0 Å². The summed E-state index contributed by atoms with van der Waals surface area (Å²) in [7, 11) is 0. The molecule has 0 aliphatic carbocycles. The molecule has 0 aliphatic rings. The molecule has 0 spiro atoms. The molecule has 0 aliphatic heterocycles. The fraction of sp³-hybridized carbons (Fsp3) is 0.182. The summed E-state index contributed by atoms with van der Waals surface area (Å²) in [5.41, 5.74) is 0.533. The first-order valence-electron chi connectivity index (χ1n) is 4.76. The number of hydrogen-bond acceptors (Lipinski definition) is 4. The van der Waals surface area contributed by atoms with Gasteiger partial charge in [-0.05, 0) is 24.6 Å². The van der Waals surface area contributed by atoms with Crippen molar-refractivity contribution in [2.45, 2.75) is 6.92 Å². The minimum Gasteiger partial charge on any atom is -0.489 e. The lowest BCUT2D eigenvalue weighted by Crippen LogP contribution is -2.01. The highest BCUT2D eigenvalue weighted by atomic mass is 16.6. The molecule has 1 aromatic carbocycles. The smallest absolute Gasteiger partial charge is 0.328 e. The minimum absolute atomic E-state index is 0.0184. The second-order valence-electron chi connectivity index (χ2n) is 3.37. The maximum atomic E-state index is 10.4. The average Bonchev–Trinajstić information content (AvgIpc) is 2.26. The third kappa shape index (κ3) is 4.33. The molecule has 6 heteroatoms. The van der Waals surface area contributed by atoms with Crippen molar-refractivity contribution in [3.63, 3.8) is 0 Å². The standard InChI is InChI=1S/C11H11NO5/c1-8(6-11(13)14)7-17-10-4-2-9(3-5-10)12(15)16/h2-6H,7H2,1H3,(H,13,14). The maximum absolute atomic E-state index is 10.4. The summed E-state index contributed by atoms with van der Waals surface area (Å²) in [6.07, 6.45) is 1.05. The Morgan fingerprint density at radius 1 is 1.47 bits per heavy atom. The van der Waals surface area contributed by atoms with Gasteiger partial charge in [-0.15, -0.1) is 0 Å². The SMILES string of the molecule is CC(=CC(=O)O)COc1ccc([N+](=O)[O-])cc1. The summed E-state index contributed by atoms with van der Waals surface area (Å²) in [4.78, 5) is 20.2. The molecule has 1 rings (SSSR count). The number of ether oxygens (including phenoxy) is 1. The zero-order valence-electron chi connectivity index (χ0n) is 9.12. The molecule has 1 N–H and O–H groups in total. The highest BCUT2D eigenvalue weighted by molar-refractivity contribution is 5.80. The summed E-state index contributed by atoms with van der Waals surface area (Å²) >= 11 is 0. The van der Waals surface area contributed by atoms with E-state index in [1.54, 1.807) is 6.92 Å². The first-order chi connectivity index (χ1) is 7.99. The molecule has 0 bridgehead atoms. The van der Waals surface area contributed by atoms with Crippen LogP contribution < -0.4 is 4.74 Å². The van der Waals surface area contributed by atoms with Crippen molar-refractivity contribution < 1.29 is 19.6 Å². The number of non-ortho nitro benzene ring substituents is 1. The van der Waals surface area contributed by atoms with Crippen LogP contribution >= 0.6 is 0 Å². The Morgan fingerprint density at radius 3 is 2.53 bits per heavy atom. The number of carbonyl (C=O) groups is 1. The minimum atomic E-state index is -1.03. The van der Waals surface area contributed by atoms with E-state index < -0.39 is 10.9 Å². The number of aliphatic carboxylic acids is 1. The van der Waals surface area contributed by atoms with E-state index in [9.17, 15) is 14.9 Å². The van der Waals surface area contributed by atoms with Gasteiger partial charge in [0, 0.05) is 18.2 Å². The molecule has 0 fully saturated rings. The quantitative estimate of drug-likeness (QED) is 0.480. The van der Waals surface area contributed by atoms with Gasteiger partial charge in [-0.25, -0.2) is 4.79 Å². The molecule has 0 aromatic heterocycles. The lowest BCUT2D eigenvalue weighted by atomic mass is 10.3. The first kappa shape index (κ1) is 12.7. The van der Waals surface area contributed by atoms with Crippen LogP contribution in [-0.2, 0) is 4.79 Å². The number of nitro groups is 1. The summed E-state index contributed by atoms with van der Waals surface area (Å²) in [5.74, 6) is -0.580. The van der Waals surface area contributed by atoms with Gasteiger partial charge >= 0.3 is 5.97 Å². The van der Waals surface area contributed by atoms with Crippen LogP contribution in [0.2, 0.25) is 0 Å². The van der Waals surface area contributed by atoms with Gasteiger partial charge in [0.2, 0.25) is 0 Å². The van der Waals surface area contributed by atoms with Crippen molar-refractivity contribution in [1.29, 1.82) is 0 Å². The fourth-order valence-electron chi connectivity index (χ4n) is 1.11. The van der Waals surface area contributed by atoms with Crippen molar-refractivity contribution in [3.8, 4) is 5.75 Å². The van der Waals surface area contributed by atoms with E-state index in [0.29, 0.717) is 11.3 Å². The largest absolute Gasteiger partial charge is 0.489 e. The Kier molecular flexibility index (Phi) is 4.21. The Hall–Kier alpha value is -2.37. The number of nitrogens with zero attached hydrogens (tertiary/aromatic N) is 1. The molecular formula is C11H11NO5. The third-order valence-corrected chi connectivity index (χ3v) is 1.88. The van der Waals surface area contributed by atoms with Gasteiger partial charge in [-0.3, -0.25) is 10.1 Å². The number of hydrogen-bond donors (Lipinski definition) is 1. The monoisotopic (exact) mass is 237 g/mol. The predicted octanol–water partition coefficient (Wildman–Crippen LogP) is 2.00. The molecule has 90 valence electrons. The Morgan fingerprint density at radius 2 is 2.06 bits per heavy atom. The van der Waals surface area contributed by atoms with Gasteiger partial charge in [0.25, 0.3) is 5.69 Å². The van der Waals surface area contributed by atoms with E-state index in [4.69, 9.17) is 9.84 Å². The summed E-state index contributed by atoms with van der Waals surface area (Å²) in [5, 5.41) is 18.9. The lowest BCUT2D eigenvalue weighted by Gasteiger charge is -2.05. The summed E-state index contributed by atoms with van der Waals surface area (Å²) < 4.78 is 5.25. The number of carboxylic acids is 1. The van der Waals surface area contributed by atoms with Crippen LogP contribution in [0.5, 0.6) is 5.75 Å². The number of rotatable bonds is 5. The van der Waals surface area contributed by atoms with Crippen LogP contribution in [0.15, 0.2) is 35.9 Å². The second kappa shape index (κ2) is 5.64. The van der Waals surface area contributed by atoms with Crippen LogP contribution in [0.1, 0.15) is 6.92 Å². The molecule has 1 aromatic rings. The van der Waals surface area contributed by atoms with Crippen LogP contribution in [-0.4, -0.2) is 22.6 Å². The van der Waals surface area contributed by atoms with E-state index in [-0.39, 0.29) is 12.3 Å². The fourth-order valence-corrected chi connectivity index (χ4v) is 1.11. The topological polar surface area (TPSA) is 89.7 Å². The molecule has 0 atom stereocenters. The second-order valence-corrected chi connectivity index (χ2v) is 3.37. The summed E-state index contributed by atoms with van der Waals surface area (Å²) in [6.45, 7) is 1.75. The van der Waals surface area contributed by atoms with Crippen LogP contribution in [0.3, 0.4) is 0 Å². The lowest BCUT2D eigenvalue weighted by molar-refractivity contribution is -0.384.